The van der Waals surface area contributed by atoms with E-state index >= 15 is 0 Å². The van der Waals surface area contributed by atoms with E-state index in [4.69, 9.17) is 9.47 Å². The first-order valence-electron chi connectivity index (χ1n) is 17.9. The van der Waals surface area contributed by atoms with Crippen molar-refractivity contribution in [2.24, 2.45) is 0 Å². The van der Waals surface area contributed by atoms with E-state index in [9.17, 15) is 19.2 Å². The SMILES string of the molecule is CCCCCCCN(C(=O)C(CCSC)NC(=O)OC(C)(C)C)C(C(=O)NC(Cc1ccccc1)C(=O)OC(C)(C)C)c1ccc(C)cc1C. The first-order chi connectivity index (χ1) is 23.5. The molecule has 0 saturated heterocycles. The molecule has 3 amide bonds. The summed E-state index contributed by atoms with van der Waals surface area (Å²) in [7, 11) is 0. The Kier molecular flexibility index (Phi) is 17.4. The Labute approximate surface area is 305 Å². The minimum atomic E-state index is -1.08. The van der Waals surface area contributed by atoms with Crippen LogP contribution in [0.1, 0.15) is 115 Å². The Morgan fingerprint density at radius 2 is 1.46 bits per heavy atom. The summed E-state index contributed by atoms with van der Waals surface area (Å²) in [6.45, 7) is 17.0. The molecule has 2 rings (SSSR count). The Morgan fingerprint density at radius 1 is 0.820 bits per heavy atom. The topological polar surface area (TPSA) is 114 Å². The minimum absolute atomic E-state index is 0.211. The van der Waals surface area contributed by atoms with Crippen LogP contribution in [0.25, 0.3) is 0 Å². The average molecular weight is 712 g/mol. The van der Waals surface area contributed by atoms with Crippen molar-refractivity contribution in [3.63, 3.8) is 0 Å². The maximum absolute atomic E-state index is 14.8. The van der Waals surface area contributed by atoms with Crippen LogP contribution in [0, 0.1) is 13.8 Å². The van der Waals surface area contributed by atoms with Gasteiger partial charge in [0.05, 0.1) is 0 Å². The van der Waals surface area contributed by atoms with E-state index in [0.29, 0.717) is 24.2 Å². The molecule has 278 valence electrons. The predicted octanol–water partition coefficient (Wildman–Crippen LogP) is 7.86. The van der Waals surface area contributed by atoms with Crippen molar-refractivity contribution >= 4 is 35.6 Å². The number of ether oxygens (including phenoxy) is 2. The highest BCUT2D eigenvalue weighted by Gasteiger charge is 2.38. The van der Waals surface area contributed by atoms with Crippen LogP contribution in [0.3, 0.4) is 0 Å². The van der Waals surface area contributed by atoms with Crippen LogP contribution >= 0.6 is 11.8 Å². The first-order valence-corrected chi connectivity index (χ1v) is 19.3. The Morgan fingerprint density at radius 3 is 2.04 bits per heavy atom. The minimum Gasteiger partial charge on any atom is -0.458 e. The zero-order chi connectivity index (χ0) is 37.5. The van der Waals surface area contributed by atoms with E-state index in [1.54, 1.807) is 58.2 Å². The number of hydrogen-bond acceptors (Lipinski definition) is 7. The third-order valence-corrected chi connectivity index (χ3v) is 8.60. The van der Waals surface area contributed by atoms with Gasteiger partial charge in [0.15, 0.2) is 0 Å². The fourth-order valence-corrected chi connectivity index (χ4v) is 6.12. The number of carbonyl (C=O) groups excluding carboxylic acids is 4. The largest absolute Gasteiger partial charge is 0.458 e. The van der Waals surface area contributed by atoms with E-state index < -0.39 is 47.3 Å². The normalized spacial score (nSPS) is 13.5. The van der Waals surface area contributed by atoms with Gasteiger partial charge in [-0.15, -0.1) is 0 Å². The van der Waals surface area contributed by atoms with E-state index in [2.05, 4.69) is 17.6 Å². The molecule has 0 bridgehead atoms. The highest BCUT2D eigenvalue weighted by Crippen LogP contribution is 2.28. The van der Waals surface area contributed by atoms with Crippen LogP contribution in [0.4, 0.5) is 4.79 Å². The summed E-state index contributed by atoms with van der Waals surface area (Å²) in [5, 5.41) is 5.82. The number of alkyl carbamates (subject to hydrolysis) is 1. The lowest BCUT2D eigenvalue weighted by atomic mass is 9.95. The monoisotopic (exact) mass is 711 g/mol. The quantitative estimate of drug-likeness (QED) is 0.120. The fraction of sp³-hybridized carbons (Fsp3) is 0.600. The van der Waals surface area contributed by atoms with Gasteiger partial charge in [0.25, 0.3) is 0 Å². The van der Waals surface area contributed by atoms with Gasteiger partial charge in [0, 0.05) is 13.0 Å². The van der Waals surface area contributed by atoms with Crippen LogP contribution in [0.15, 0.2) is 48.5 Å². The van der Waals surface area contributed by atoms with Crippen molar-refractivity contribution in [3.05, 3.63) is 70.8 Å². The van der Waals surface area contributed by atoms with Crippen LogP contribution in [-0.4, -0.2) is 70.6 Å². The molecule has 0 aromatic heterocycles. The third-order valence-electron chi connectivity index (χ3n) is 7.96. The number of rotatable bonds is 18. The Bertz CT molecular complexity index is 1390. The van der Waals surface area contributed by atoms with Gasteiger partial charge in [-0.05, 0) is 96.9 Å². The van der Waals surface area contributed by atoms with Crippen molar-refractivity contribution < 1.29 is 28.7 Å². The first kappa shape index (κ1) is 42.6. The second kappa shape index (κ2) is 20.4. The molecule has 0 saturated carbocycles. The maximum Gasteiger partial charge on any atom is 0.408 e. The van der Waals surface area contributed by atoms with Crippen molar-refractivity contribution in [1.29, 1.82) is 0 Å². The number of amides is 3. The summed E-state index contributed by atoms with van der Waals surface area (Å²) >= 11 is 1.56. The smallest absolute Gasteiger partial charge is 0.408 e. The summed E-state index contributed by atoms with van der Waals surface area (Å²) < 4.78 is 11.3. The van der Waals surface area contributed by atoms with Crippen LogP contribution < -0.4 is 10.6 Å². The molecule has 3 atom stereocenters. The van der Waals surface area contributed by atoms with E-state index in [-0.39, 0.29) is 18.9 Å². The fourth-order valence-electron chi connectivity index (χ4n) is 5.65. The van der Waals surface area contributed by atoms with Crippen molar-refractivity contribution in [1.82, 2.24) is 15.5 Å². The lowest BCUT2D eigenvalue weighted by Crippen LogP contribution is -2.55. The number of carbonyl (C=O) groups is 4. The second-order valence-corrected chi connectivity index (χ2v) is 16.0. The number of unbranched alkanes of at least 4 members (excludes halogenated alkanes) is 4. The molecule has 10 heteroatoms. The molecular weight excluding hydrogens is 651 g/mol. The van der Waals surface area contributed by atoms with Gasteiger partial charge in [-0.1, -0.05) is 86.7 Å². The summed E-state index contributed by atoms with van der Waals surface area (Å²) in [4.78, 5) is 57.7. The number of benzene rings is 2. The molecule has 0 heterocycles. The van der Waals surface area contributed by atoms with Crippen molar-refractivity contribution in [2.45, 2.75) is 137 Å². The van der Waals surface area contributed by atoms with Crippen LogP contribution in [0.5, 0.6) is 0 Å². The summed E-state index contributed by atoms with van der Waals surface area (Å²) in [5.41, 5.74) is 1.83. The van der Waals surface area contributed by atoms with Gasteiger partial charge in [0.1, 0.15) is 29.3 Å². The molecule has 2 aromatic carbocycles. The van der Waals surface area contributed by atoms with Gasteiger partial charge in [-0.3, -0.25) is 9.59 Å². The van der Waals surface area contributed by atoms with Gasteiger partial charge in [-0.25, -0.2) is 9.59 Å². The van der Waals surface area contributed by atoms with E-state index in [0.717, 1.165) is 42.4 Å². The van der Waals surface area contributed by atoms with Crippen molar-refractivity contribution in [2.75, 3.05) is 18.6 Å². The summed E-state index contributed by atoms with van der Waals surface area (Å²) in [6.07, 6.45) is 6.50. The van der Waals surface area contributed by atoms with E-state index in [1.165, 1.54) is 0 Å². The molecule has 0 aliphatic heterocycles. The highest BCUT2D eigenvalue weighted by molar-refractivity contribution is 7.98. The number of nitrogens with one attached hydrogen (secondary N) is 2. The molecule has 2 aromatic rings. The van der Waals surface area contributed by atoms with Gasteiger partial charge in [0.2, 0.25) is 11.8 Å². The zero-order valence-corrected chi connectivity index (χ0v) is 32.8. The molecular formula is C40H61N3O6S. The molecule has 0 aliphatic carbocycles. The number of nitrogens with zero attached hydrogens (tertiary/aromatic N) is 1. The number of esters is 1. The zero-order valence-electron chi connectivity index (χ0n) is 32.0. The van der Waals surface area contributed by atoms with Gasteiger partial charge >= 0.3 is 12.1 Å². The molecule has 0 fully saturated rings. The Balaban J connectivity index is 2.67. The van der Waals surface area contributed by atoms with Gasteiger partial charge in [-0.2, -0.15) is 11.8 Å². The molecule has 0 radical (unpaired) electrons. The van der Waals surface area contributed by atoms with Crippen molar-refractivity contribution in [3.8, 4) is 0 Å². The molecule has 0 spiro atoms. The van der Waals surface area contributed by atoms with Crippen LogP contribution in [0.2, 0.25) is 0 Å². The summed E-state index contributed by atoms with van der Waals surface area (Å²) in [5.74, 6) is -0.825. The highest BCUT2D eigenvalue weighted by atomic mass is 32.2. The average Bonchev–Trinajstić information content (AvgIpc) is 3.01. The summed E-state index contributed by atoms with van der Waals surface area (Å²) in [6, 6.07) is 12.2. The number of aryl methyl sites for hydroxylation is 2. The molecule has 3 unspecified atom stereocenters. The lowest BCUT2D eigenvalue weighted by molar-refractivity contribution is -0.159. The second-order valence-electron chi connectivity index (χ2n) is 15.0. The molecule has 50 heavy (non-hydrogen) atoms. The maximum atomic E-state index is 14.8. The van der Waals surface area contributed by atoms with Crippen LogP contribution in [-0.2, 0) is 30.3 Å². The number of thioether (sulfide) groups is 1. The molecule has 2 N–H and O–H groups in total. The Hall–Kier alpha value is -3.53. The van der Waals surface area contributed by atoms with Gasteiger partial charge < -0.3 is 25.0 Å². The van der Waals surface area contributed by atoms with E-state index in [1.807, 2.05) is 68.6 Å². The molecule has 9 nitrogen and oxygen atoms in total. The standard InChI is InChI=1S/C40H61N3O6S/c1-11-12-13-14-18-24-43(36(45)32(23-25-50-10)42-38(47)49-40(7,8)9)34(31-22-21-28(2)26-29(31)3)35(44)41-33(37(46)48-39(4,5)6)27-30-19-16-15-17-20-30/h15-17,19-22,26,32-34H,11-14,18,23-25,27H2,1-10H3,(H,41,44)(H,42,47). The predicted molar refractivity (Wildman–Crippen MR) is 203 cm³/mol. The lowest BCUT2D eigenvalue weighted by Gasteiger charge is -2.36. The molecule has 0 aliphatic rings. The third kappa shape index (κ3) is 15.2. The number of hydrogen-bond donors (Lipinski definition) is 2.